The Hall–Kier alpha value is -3.68. The molecular formula is C29H32N4O3. The van der Waals surface area contributed by atoms with Gasteiger partial charge in [-0.25, -0.2) is 4.79 Å². The largest absolute Gasteiger partial charge is 0.419 e. The molecule has 3 aromatic carbocycles. The summed E-state index contributed by atoms with van der Waals surface area (Å²) in [5.74, 6) is -0.442. The first-order valence-corrected chi connectivity index (χ1v) is 12.6. The molecule has 1 aliphatic rings. The third kappa shape index (κ3) is 6.11. The minimum atomic E-state index is -0.384. The van der Waals surface area contributed by atoms with Crippen LogP contribution in [0.25, 0.3) is 11.1 Å². The molecule has 1 amide bonds. The summed E-state index contributed by atoms with van der Waals surface area (Å²) < 4.78 is 6.83. The van der Waals surface area contributed by atoms with Crippen LogP contribution in [-0.4, -0.2) is 46.5 Å². The lowest BCUT2D eigenvalue weighted by Crippen LogP contribution is -2.45. The Labute approximate surface area is 210 Å². The minimum Gasteiger partial charge on any atom is -0.408 e. The second-order valence-corrected chi connectivity index (χ2v) is 9.37. The fourth-order valence-electron chi connectivity index (χ4n) is 4.75. The van der Waals surface area contributed by atoms with Crippen LogP contribution in [0, 0.1) is 0 Å². The Morgan fingerprint density at radius 2 is 1.39 bits per heavy atom. The molecule has 36 heavy (non-hydrogen) atoms. The number of rotatable bonds is 9. The number of anilines is 1. The maximum Gasteiger partial charge on any atom is 0.419 e. The Kier molecular flexibility index (Phi) is 7.59. The molecule has 1 aromatic heterocycles. The summed E-state index contributed by atoms with van der Waals surface area (Å²) in [7, 11) is 0. The van der Waals surface area contributed by atoms with Crippen LogP contribution < -0.4 is 11.1 Å². The normalized spacial score (nSPS) is 14.8. The molecule has 0 saturated carbocycles. The summed E-state index contributed by atoms with van der Waals surface area (Å²) in [6, 6.07) is 26.1. The number of piperazine rings is 1. The molecule has 4 aromatic rings. The third-order valence-electron chi connectivity index (χ3n) is 6.72. The molecule has 0 radical (unpaired) electrons. The number of carbonyl (C=O) groups is 1. The zero-order chi connectivity index (χ0) is 24.7. The van der Waals surface area contributed by atoms with Gasteiger partial charge in [0.15, 0.2) is 5.58 Å². The molecule has 0 spiro atoms. The van der Waals surface area contributed by atoms with Crippen LogP contribution in [0.1, 0.15) is 24.0 Å². The zero-order valence-corrected chi connectivity index (χ0v) is 20.4. The molecule has 1 fully saturated rings. The van der Waals surface area contributed by atoms with Crippen molar-refractivity contribution in [2.24, 2.45) is 0 Å². The van der Waals surface area contributed by atoms with Crippen molar-refractivity contribution < 1.29 is 9.21 Å². The molecule has 7 heteroatoms. The first-order valence-electron chi connectivity index (χ1n) is 12.6. The van der Waals surface area contributed by atoms with Gasteiger partial charge >= 0.3 is 5.76 Å². The van der Waals surface area contributed by atoms with Gasteiger partial charge in [0.1, 0.15) is 0 Å². The number of hydrogen-bond acceptors (Lipinski definition) is 5. The number of benzene rings is 3. The number of oxazole rings is 1. The first kappa shape index (κ1) is 24.0. The van der Waals surface area contributed by atoms with Crippen LogP contribution in [0.4, 0.5) is 5.69 Å². The van der Waals surface area contributed by atoms with E-state index in [2.05, 4.69) is 57.6 Å². The molecule has 1 N–H and O–H groups in total. The van der Waals surface area contributed by atoms with Gasteiger partial charge in [0.05, 0.1) is 5.52 Å². The molecule has 7 nitrogen and oxygen atoms in total. The van der Waals surface area contributed by atoms with Crippen LogP contribution in [0.3, 0.4) is 0 Å². The number of carbonyl (C=O) groups excluding carboxylic acids is 1. The third-order valence-corrected chi connectivity index (χ3v) is 6.72. The van der Waals surface area contributed by atoms with Gasteiger partial charge in [0, 0.05) is 57.9 Å². The van der Waals surface area contributed by atoms with E-state index in [4.69, 9.17) is 4.42 Å². The van der Waals surface area contributed by atoms with Gasteiger partial charge in [-0.05, 0) is 41.8 Å². The Balaban J connectivity index is 1.04. The van der Waals surface area contributed by atoms with Crippen molar-refractivity contribution in [1.29, 1.82) is 0 Å². The van der Waals surface area contributed by atoms with Crippen molar-refractivity contribution in [2.75, 3.05) is 31.5 Å². The second kappa shape index (κ2) is 11.4. The Bertz CT molecular complexity index is 1340. The lowest BCUT2D eigenvalue weighted by Gasteiger charge is -2.34. The number of hydrogen-bond donors (Lipinski definition) is 1. The molecule has 1 aliphatic heterocycles. The summed E-state index contributed by atoms with van der Waals surface area (Å²) >= 11 is 0. The van der Waals surface area contributed by atoms with Gasteiger partial charge in [0.25, 0.3) is 0 Å². The van der Waals surface area contributed by atoms with Crippen LogP contribution in [-0.2, 0) is 24.4 Å². The van der Waals surface area contributed by atoms with E-state index in [0.29, 0.717) is 25.0 Å². The molecular weight excluding hydrogens is 452 g/mol. The molecule has 0 unspecified atom stereocenters. The van der Waals surface area contributed by atoms with E-state index in [0.717, 1.165) is 50.5 Å². The molecule has 0 bridgehead atoms. The van der Waals surface area contributed by atoms with E-state index in [1.165, 1.54) is 11.1 Å². The smallest absolute Gasteiger partial charge is 0.408 e. The lowest BCUT2D eigenvalue weighted by molar-refractivity contribution is -0.116. The predicted octanol–water partition coefficient (Wildman–Crippen LogP) is 4.33. The molecule has 5 rings (SSSR count). The number of fused-ring (bicyclic) bond motifs is 1. The van der Waals surface area contributed by atoms with Crippen LogP contribution in [0.5, 0.6) is 0 Å². The average Bonchev–Trinajstić information content (AvgIpc) is 3.22. The highest BCUT2D eigenvalue weighted by atomic mass is 16.4. The fraction of sp³-hybridized carbons (Fsp3) is 0.310. The van der Waals surface area contributed by atoms with Gasteiger partial charge in [-0.3, -0.25) is 19.2 Å². The topological polar surface area (TPSA) is 70.7 Å². The van der Waals surface area contributed by atoms with Crippen molar-refractivity contribution in [3.05, 3.63) is 101 Å². The summed E-state index contributed by atoms with van der Waals surface area (Å²) in [4.78, 5) is 29.5. The van der Waals surface area contributed by atoms with Gasteiger partial charge < -0.3 is 9.73 Å². The van der Waals surface area contributed by atoms with Crippen molar-refractivity contribution in [3.8, 4) is 0 Å². The minimum absolute atomic E-state index is 0.0573. The highest BCUT2D eigenvalue weighted by Crippen LogP contribution is 2.16. The van der Waals surface area contributed by atoms with Gasteiger partial charge in [0.2, 0.25) is 5.91 Å². The van der Waals surface area contributed by atoms with Crippen molar-refractivity contribution >= 4 is 22.7 Å². The predicted molar refractivity (Wildman–Crippen MR) is 142 cm³/mol. The highest BCUT2D eigenvalue weighted by molar-refractivity contribution is 5.90. The van der Waals surface area contributed by atoms with Gasteiger partial charge in [-0.1, -0.05) is 54.6 Å². The van der Waals surface area contributed by atoms with Crippen molar-refractivity contribution in [3.63, 3.8) is 0 Å². The Morgan fingerprint density at radius 1 is 0.778 bits per heavy atom. The molecule has 0 aliphatic carbocycles. The number of para-hydroxylation sites is 2. The van der Waals surface area contributed by atoms with E-state index in [1.807, 2.05) is 30.3 Å². The fourth-order valence-corrected chi connectivity index (χ4v) is 4.75. The molecule has 0 atom stereocenters. The number of aryl methyl sites for hydroxylation is 1. The van der Waals surface area contributed by atoms with E-state index >= 15 is 0 Å². The van der Waals surface area contributed by atoms with Gasteiger partial charge in [-0.15, -0.1) is 0 Å². The zero-order valence-electron chi connectivity index (χ0n) is 20.4. The Morgan fingerprint density at radius 3 is 2.08 bits per heavy atom. The average molecular weight is 485 g/mol. The lowest BCUT2D eigenvalue weighted by atomic mass is 10.1. The van der Waals surface area contributed by atoms with Gasteiger partial charge in [-0.2, -0.15) is 0 Å². The van der Waals surface area contributed by atoms with Crippen LogP contribution in [0.15, 0.2) is 88.1 Å². The van der Waals surface area contributed by atoms with E-state index in [9.17, 15) is 9.59 Å². The SMILES string of the molecule is O=C(CCCn1c(=O)oc2ccccc21)Nc1ccc(CN2CCN(Cc3ccccc3)CC2)cc1. The monoisotopic (exact) mass is 484 g/mol. The number of amides is 1. The van der Waals surface area contributed by atoms with Crippen molar-refractivity contribution in [1.82, 2.24) is 14.4 Å². The van der Waals surface area contributed by atoms with Crippen LogP contribution >= 0.6 is 0 Å². The number of aromatic nitrogens is 1. The summed E-state index contributed by atoms with van der Waals surface area (Å²) in [6.07, 6.45) is 0.893. The number of nitrogens with zero attached hydrogens (tertiary/aromatic N) is 3. The van der Waals surface area contributed by atoms with Crippen LogP contribution in [0.2, 0.25) is 0 Å². The van der Waals surface area contributed by atoms with E-state index < -0.39 is 0 Å². The standard InChI is InChI=1S/C29H32N4O3/c34-28(11-6-16-33-26-9-4-5-10-27(26)36-29(33)35)30-25-14-12-24(13-15-25)22-32-19-17-31(18-20-32)21-23-7-2-1-3-8-23/h1-5,7-10,12-15H,6,11,16-22H2,(H,30,34). The highest BCUT2D eigenvalue weighted by Gasteiger charge is 2.17. The quantitative estimate of drug-likeness (QED) is 0.383. The molecule has 1 saturated heterocycles. The summed E-state index contributed by atoms with van der Waals surface area (Å²) in [5, 5.41) is 2.96. The summed E-state index contributed by atoms with van der Waals surface area (Å²) in [5.41, 5.74) is 4.74. The second-order valence-electron chi connectivity index (χ2n) is 9.37. The molecule has 186 valence electrons. The molecule has 2 heterocycles. The van der Waals surface area contributed by atoms with E-state index in [-0.39, 0.29) is 11.7 Å². The number of nitrogens with one attached hydrogen (secondary N) is 1. The summed E-state index contributed by atoms with van der Waals surface area (Å²) in [6.45, 7) is 6.63. The maximum atomic E-state index is 12.4. The van der Waals surface area contributed by atoms with Crippen molar-refractivity contribution in [2.45, 2.75) is 32.5 Å². The van der Waals surface area contributed by atoms with E-state index in [1.54, 1.807) is 10.6 Å². The first-order chi connectivity index (χ1) is 17.6. The maximum absolute atomic E-state index is 12.4.